The Hall–Kier alpha value is -3.29. The summed E-state index contributed by atoms with van der Waals surface area (Å²) >= 11 is 0. The first-order chi connectivity index (χ1) is 14.9. The van der Waals surface area contributed by atoms with E-state index in [4.69, 9.17) is 29.4 Å². The fourth-order valence-corrected chi connectivity index (χ4v) is 4.15. The van der Waals surface area contributed by atoms with Crippen LogP contribution in [0.25, 0.3) is 0 Å². The van der Waals surface area contributed by atoms with Gasteiger partial charge in [0.05, 0.1) is 53.7 Å². The van der Waals surface area contributed by atoms with Crippen LogP contribution in [-0.4, -0.2) is 53.4 Å². The second-order valence-electron chi connectivity index (χ2n) is 7.36. The van der Waals surface area contributed by atoms with Crippen LogP contribution in [0.15, 0.2) is 18.2 Å². The number of methoxy groups -OCH3 is 5. The number of rotatable bonds is 8. The zero-order valence-corrected chi connectivity index (χ0v) is 18.9. The molecule has 1 aliphatic heterocycles. The molecule has 0 spiro atoms. The van der Waals surface area contributed by atoms with E-state index >= 15 is 0 Å². The summed E-state index contributed by atoms with van der Waals surface area (Å²) in [7, 11) is 9.67. The number of nitrogens with two attached hydrogens (primary N) is 1. The predicted octanol–water partition coefficient (Wildman–Crippen LogP) is 3.00. The number of benzene rings is 2. The Morgan fingerprint density at radius 3 is 2.10 bits per heavy atom. The number of nitrogens with zero attached hydrogens (tertiary/aromatic N) is 1. The van der Waals surface area contributed by atoms with Gasteiger partial charge in [0.25, 0.3) is 0 Å². The molecule has 8 heteroatoms. The number of anilines is 1. The second-order valence-corrected chi connectivity index (χ2v) is 7.36. The molecule has 0 radical (unpaired) electrons. The lowest BCUT2D eigenvalue weighted by Crippen LogP contribution is -2.37. The van der Waals surface area contributed by atoms with Gasteiger partial charge in [-0.2, -0.15) is 0 Å². The predicted molar refractivity (Wildman–Crippen MR) is 118 cm³/mol. The minimum atomic E-state index is -0.130. The van der Waals surface area contributed by atoms with Crippen molar-refractivity contribution in [2.45, 2.75) is 25.3 Å². The normalized spacial score (nSPS) is 15.4. The highest BCUT2D eigenvalue weighted by atomic mass is 16.5. The van der Waals surface area contributed by atoms with Gasteiger partial charge in [-0.05, 0) is 47.7 Å². The first kappa shape index (κ1) is 22.4. The number of carbonyl (C=O) groups excluding carboxylic acids is 1. The summed E-state index contributed by atoms with van der Waals surface area (Å²) in [5.41, 5.74) is 9.73. The molecular weight excluding hydrogens is 400 g/mol. The summed E-state index contributed by atoms with van der Waals surface area (Å²) in [6, 6.07) is 5.58. The monoisotopic (exact) mass is 430 g/mol. The second kappa shape index (κ2) is 9.24. The molecule has 1 amide bonds. The molecule has 1 atom stereocenters. The van der Waals surface area contributed by atoms with E-state index in [0.29, 0.717) is 53.7 Å². The number of hydrogen-bond acceptors (Lipinski definition) is 7. The summed E-state index contributed by atoms with van der Waals surface area (Å²) in [5, 5.41) is 0. The maximum Gasteiger partial charge on any atom is 0.227 e. The maximum absolute atomic E-state index is 12.7. The van der Waals surface area contributed by atoms with E-state index in [2.05, 4.69) is 0 Å². The number of hydrogen-bond donors (Lipinski definition) is 1. The van der Waals surface area contributed by atoms with Crippen molar-refractivity contribution < 1.29 is 28.5 Å². The van der Waals surface area contributed by atoms with Crippen molar-refractivity contribution in [2.75, 3.05) is 48.3 Å². The van der Waals surface area contributed by atoms with Gasteiger partial charge in [-0.15, -0.1) is 0 Å². The van der Waals surface area contributed by atoms with Crippen LogP contribution >= 0.6 is 0 Å². The lowest BCUT2D eigenvalue weighted by atomic mass is 9.88. The molecular formula is C23H30N2O6. The maximum atomic E-state index is 12.7. The lowest BCUT2D eigenvalue weighted by molar-refractivity contribution is -0.132. The molecule has 1 aliphatic rings. The Labute approximate surface area is 182 Å². The molecule has 2 N–H and O–H groups in total. The number of amides is 1. The molecule has 0 aromatic heterocycles. The number of fused-ring (bicyclic) bond motifs is 1. The summed E-state index contributed by atoms with van der Waals surface area (Å²) in [5.74, 6) is 2.76. The van der Waals surface area contributed by atoms with Gasteiger partial charge in [-0.3, -0.25) is 4.79 Å². The number of carbonyl (C=O) groups is 1. The van der Waals surface area contributed by atoms with Crippen LogP contribution in [0.2, 0.25) is 0 Å². The van der Waals surface area contributed by atoms with Crippen molar-refractivity contribution in [2.24, 2.45) is 0 Å². The highest BCUT2D eigenvalue weighted by molar-refractivity contribution is 5.82. The smallest absolute Gasteiger partial charge is 0.227 e. The largest absolute Gasteiger partial charge is 0.493 e. The molecule has 168 valence electrons. The Bertz CT molecular complexity index is 975. The van der Waals surface area contributed by atoms with Gasteiger partial charge in [-0.25, -0.2) is 0 Å². The highest BCUT2D eigenvalue weighted by Gasteiger charge is 2.31. The third kappa shape index (κ3) is 4.02. The van der Waals surface area contributed by atoms with Crippen LogP contribution in [-0.2, 0) is 17.6 Å². The molecule has 2 aromatic rings. The van der Waals surface area contributed by atoms with Crippen molar-refractivity contribution in [3.63, 3.8) is 0 Å². The third-order valence-corrected chi connectivity index (χ3v) is 5.85. The summed E-state index contributed by atoms with van der Waals surface area (Å²) < 4.78 is 27.2. The molecule has 0 aliphatic carbocycles. The van der Waals surface area contributed by atoms with E-state index in [1.807, 2.05) is 25.2 Å². The molecule has 2 aromatic carbocycles. The average molecular weight is 431 g/mol. The van der Waals surface area contributed by atoms with E-state index in [1.165, 1.54) is 0 Å². The van der Waals surface area contributed by atoms with Crippen LogP contribution in [0.3, 0.4) is 0 Å². The van der Waals surface area contributed by atoms with Gasteiger partial charge in [0.1, 0.15) is 0 Å². The molecule has 1 unspecified atom stereocenters. The first-order valence-corrected chi connectivity index (χ1v) is 9.97. The van der Waals surface area contributed by atoms with E-state index in [-0.39, 0.29) is 11.9 Å². The fraction of sp³-hybridized carbons (Fsp3) is 0.435. The van der Waals surface area contributed by atoms with Crippen molar-refractivity contribution in [1.29, 1.82) is 0 Å². The average Bonchev–Trinajstić information content (AvgIpc) is 2.78. The van der Waals surface area contributed by atoms with Crippen LogP contribution in [0.5, 0.6) is 28.7 Å². The van der Waals surface area contributed by atoms with Crippen LogP contribution in [0, 0.1) is 0 Å². The molecule has 8 nitrogen and oxygen atoms in total. The number of likely N-dealkylation sites (N-methyl/N-ethyl adjacent to an activating group) is 1. The fourth-order valence-electron chi connectivity index (χ4n) is 4.15. The Kier molecular flexibility index (Phi) is 6.68. The SMILES string of the molecule is COc1cc2c(cc1OC)C(CCc1cc(OC)c(OC)c(OC)c1N)N(C)C(=O)C2. The topological polar surface area (TPSA) is 92.5 Å². The Balaban J connectivity index is 1.98. The van der Waals surface area contributed by atoms with E-state index < -0.39 is 0 Å². The summed E-state index contributed by atoms with van der Waals surface area (Å²) in [6.07, 6.45) is 1.60. The highest BCUT2D eigenvalue weighted by Crippen LogP contribution is 2.45. The van der Waals surface area contributed by atoms with Gasteiger partial charge in [-0.1, -0.05) is 0 Å². The number of nitrogen functional groups attached to an aromatic ring is 1. The minimum absolute atomic E-state index is 0.0579. The van der Waals surface area contributed by atoms with Crippen molar-refractivity contribution in [3.05, 3.63) is 34.9 Å². The molecule has 31 heavy (non-hydrogen) atoms. The molecule has 0 fully saturated rings. The van der Waals surface area contributed by atoms with E-state index in [0.717, 1.165) is 16.7 Å². The summed E-state index contributed by atoms with van der Waals surface area (Å²) in [6.45, 7) is 0. The summed E-state index contributed by atoms with van der Waals surface area (Å²) in [4.78, 5) is 14.4. The molecule has 0 saturated carbocycles. The molecule has 1 heterocycles. The van der Waals surface area contributed by atoms with Crippen LogP contribution < -0.4 is 29.4 Å². The van der Waals surface area contributed by atoms with E-state index in [9.17, 15) is 4.79 Å². The minimum Gasteiger partial charge on any atom is -0.493 e. The van der Waals surface area contributed by atoms with Gasteiger partial charge < -0.3 is 34.3 Å². The van der Waals surface area contributed by atoms with Gasteiger partial charge >= 0.3 is 0 Å². The Morgan fingerprint density at radius 2 is 1.52 bits per heavy atom. The standard InChI is InChI=1S/C23H30N2O6/c1-25-16(15-12-18(28-3)17(27-2)10-14(15)11-20(25)26)8-7-13-9-19(29-4)22(30-5)23(31-6)21(13)24/h9-10,12,16H,7-8,11,24H2,1-6H3. The quantitative estimate of drug-likeness (QED) is 0.644. The first-order valence-electron chi connectivity index (χ1n) is 9.97. The third-order valence-electron chi connectivity index (χ3n) is 5.85. The van der Waals surface area contributed by atoms with Crippen molar-refractivity contribution in [3.8, 4) is 28.7 Å². The van der Waals surface area contributed by atoms with Crippen molar-refractivity contribution in [1.82, 2.24) is 4.90 Å². The van der Waals surface area contributed by atoms with Gasteiger partial charge in [0.2, 0.25) is 11.7 Å². The van der Waals surface area contributed by atoms with Crippen molar-refractivity contribution >= 4 is 11.6 Å². The number of ether oxygens (including phenoxy) is 5. The Morgan fingerprint density at radius 1 is 0.903 bits per heavy atom. The zero-order chi connectivity index (χ0) is 22.7. The molecule has 0 saturated heterocycles. The van der Waals surface area contributed by atoms with Gasteiger partial charge in [0.15, 0.2) is 23.0 Å². The molecule has 0 bridgehead atoms. The zero-order valence-electron chi connectivity index (χ0n) is 18.9. The van der Waals surface area contributed by atoms with E-state index in [1.54, 1.807) is 40.4 Å². The van der Waals surface area contributed by atoms with Crippen LogP contribution in [0.4, 0.5) is 5.69 Å². The molecule has 3 rings (SSSR count). The van der Waals surface area contributed by atoms with Crippen LogP contribution in [0.1, 0.15) is 29.2 Å². The van der Waals surface area contributed by atoms with Gasteiger partial charge in [0, 0.05) is 7.05 Å². The number of aryl methyl sites for hydroxylation is 1. The lowest BCUT2D eigenvalue weighted by Gasteiger charge is -2.35.